The zero-order valence-corrected chi connectivity index (χ0v) is 18.7. The van der Waals surface area contributed by atoms with E-state index < -0.39 is 41.1 Å². The largest absolute Gasteiger partial charge is 0.416 e. The van der Waals surface area contributed by atoms with Gasteiger partial charge < -0.3 is 10.1 Å². The Bertz CT molecular complexity index is 1060. The van der Waals surface area contributed by atoms with E-state index in [1.807, 2.05) is 0 Å². The van der Waals surface area contributed by atoms with Crippen LogP contribution in [0.3, 0.4) is 0 Å². The van der Waals surface area contributed by atoms with Crippen molar-refractivity contribution >= 4 is 11.8 Å². The molecular weight excluding hydrogens is 452 g/mol. The highest BCUT2D eigenvalue weighted by Crippen LogP contribution is 2.43. The predicted molar refractivity (Wildman–Crippen MR) is 116 cm³/mol. The third-order valence-electron chi connectivity index (χ3n) is 6.66. The Hall–Kier alpha value is -2.94. The second kappa shape index (κ2) is 9.37. The Kier molecular flexibility index (Phi) is 6.66. The van der Waals surface area contributed by atoms with Gasteiger partial charge in [0.05, 0.1) is 17.7 Å². The standard InChI is InChI=1S/C25H26F4N2O3/c1-16-9-11-24(12-10-16)31(23(33)19-7-2-3-8-20(19)26)21(15-34-24)22(32)30-14-17-5-4-6-18(13-17)25(27,28)29/h2-8,13,16,21H,9-12,14-15H2,1H3,(H,30,32)/t16?,21-,24?/m1/s1. The number of alkyl halides is 3. The summed E-state index contributed by atoms with van der Waals surface area (Å²) in [7, 11) is 0. The van der Waals surface area contributed by atoms with Gasteiger partial charge in [-0.15, -0.1) is 0 Å². The minimum Gasteiger partial charge on any atom is -0.353 e. The van der Waals surface area contributed by atoms with Crippen molar-refractivity contribution in [3.05, 3.63) is 71.0 Å². The molecule has 2 amide bonds. The van der Waals surface area contributed by atoms with Gasteiger partial charge >= 0.3 is 6.18 Å². The van der Waals surface area contributed by atoms with Crippen LogP contribution in [0.15, 0.2) is 48.5 Å². The molecule has 2 aromatic carbocycles. The summed E-state index contributed by atoms with van der Waals surface area (Å²) in [6, 6.07) is 9.23. The molecule has 182 valence electrons. The van der Waals surface area contributed by atoms with Crippen molar-refractivity contribution in [2.45, 2.75) is 57.1 Å². The number of hydrogen-bond acceptors (Lipinski definition) is 3. The Morgan fingerprint density at radius 1 is 1.12 bits per heavy atom. The molecule has 1 saturated heterocycles. The molecule has 2 aromatic rings. The highest BCUT2D eigenvalue weighted by molar-refractivity contribution is 5.98. The van der Waals surface area contributed by atoms with Gasteiger partial charge in [-0.2, -0.15) is 13.2 Å². The van der Waals surface area contributed by atoms with E-state index in [4.69, 9.17) is 4.74 Å². The number of nitrogens with zero attached hydrogens (tertiary/aromatic N) is 1. The Balaban J connectivity index is 1.56. The predicted octanol–water partition coefficient (Wildman–Crippen LogP) is 4.91. The van der Waals surface area contributed by atoms with E-state index in [1.54, 1.807) is 6.07 Å². The van der Waals surface area contributed by atoms with Crippen molar-refractivity contribution in [1.29, 1.82) is 0 Å². The first-order valence-corrected chi connectivity index (χ1v) is 11.3. The zero-order valence-electron chi connectivity index (χ0n) is 18.7. The third kappa shape index (κ3) is 4.80. The Morgan fingerprint density at radius 2 is 1.82 bits per heavy atom. The Labute approximate surface area is 195 Å². The Morgan fingerprint density at radius 3 is 2.50 bits per heavy atom. The molecule has 1 heterocycles. The number of carbonyl (C=O) groups is 2. The van der Waals surface area contributed by atoms with Crippen LogP contribution >= 0.6 is 0 Å². The molecule has 1 atom stereocenters. The monoisotopic (exact) mass is 478 g/mol. The lowest BCUT2D eigenvalue weighted by molar-refractivity contribution is -0.137. The molecule has 34 heavy (non-hydrogen) atoms. The average Bonchev–Trinajstić information content (AvgIpc) is 3.18. The van der Waals surface area contributed by atoms with Crippen LogP contribution in [0.1, 0.15) is 54.1 Å². The second-order valence-electron chi connectivity index (χ2n) is 9.03. The van der Waals surface area contributed by atoms with Gasteiger partial charge in [0, 0.05) is 6.54 Å². The normalized spacial score (nSPS) is 24.9. The molecular formula is C25H26F4N2O3. The van der Waals surface area contributed by atoms with Crippen LogP contribution in [0, 0.1) is 11.7 Å². The molecule has 9 heteroatoms. The summed E-state index contributed by atoms with van der Waals surface area (Å²) in [6.07, 6.45) is -1.87. The fraction of sp³-hybridized carbons (Fsp3) is 0.440. The van der Waals surface area contributed by atoms with Crippen LogP contribution in [0.4, 0.5) is 17.6 Å². The SMILES string of the molecule is CC1CCC2(CC1)OC[C@H](C(=O)NCc1cccc(C(F)(F)F)c1)N2C(=O)c1ccccc1F. The van der Waals surface area contributed by atoms with Crippen molar-refractivity contribution in [2.24, 2.45) is 5.92 Å². The summed E-state index contributed by atoms with van der Waals surface area (Å²) in [5.41, 5.74) is -1.70. The number of ether oxygens (including phenoxy) is 1. The van der Waals surface area contributed by atoms with Crippen LogP contribution in [0.25, 0.3) is 0 Å². The second-order valence-corrected chi connectivity index (χ2v) is 9.03. The highest BCUT2D eigenvalue weighted by Gasteiger charge is 2.53. The van der Waals surface area contributed by atoms with Crippen molar-refractivity contribution in [2.75, 3.05) is 6.61 Å². The molecule has 0 unspecified atom stereocenters. The van der Waals surface area contributed by atoms with E-state index in [9.17, 15) is 27.2 Å². The van der Waals surface area contributed by atoms with Crippen LogP contribution < -0.4 is 5.32 Å². The average molecular weight is 478 g/mol. The first kappa shape index (κ1) is 24.2. The van der Waals surface area contributed by atoms with Crippen molar-refractivity contribution < 1.29 is 31.9 Å². The number of rotatable bonds is 4. The van der Waals surface area contributed by atoms with Crippen molar-refractivity contribution in [3.63, 3.8) is 0 Å². The van der Waals surface area contributed by atoms with Gasteiger partial charge in [-0.1, -0.05) is 31.2 Å². The molecule has 0 bridgehead atoms. The summed E-state index contributed by atoms with van der Waals surface area (Å²) in [6.45, 7) is 1.89. The zero-order chi connectivity index (χ0) is 24.5. The number of benzene rings is 2. The number of amides is 2. The van der Waals surface area contributed by atoms with E-state index in [-0.39, 0.29) is 24.3 Å². The maximum atomic E-state index is 14.5. The van der Waals surface area contributed by atoms with Crippen molar-refractivity contribution in [3.8, 4) is 0 Å². The smallest absolute Gasteiger partial charge is 0.353 e. The van der Waals surface area contributed by atoms with Crippen LogP contribution in [0.5, 0.6) is 0 Å². The van der Waals surface area contributed by atoms with Gasteiger partial charge in [0.25, 0.3) is 5.91 Å². The summed E-state index contributed by atoms with van der Waals surface area (Å²) < 4.78 is 59.5. The maximum absolute atomic E-state index is 14.5. The molecule has 1 N–H and O–H groups in total. The highest BCUT2D eigenvalue weighted by atomic mass is 19.4. The molecule has 0 radical (unpaired) electrons. The number of carbonyl (C=O) groups excluding carboxylic acids is 2. The van der Waals surface area contributed by atoms with Gasteiger partial charge in [-0.05, 0) is 61.4 Å². The van der Waals surface area contributed by atoms with Crippen LogP contribution in [-0.4, -0.2) is 35.1 Å². The number of halogens is 4. The van der Waals surface area contributed by atoms with E-state index in [0.717, 1.165) is 25.0 Å². The molecule has 1 aliphatic carbocycles. The van der Waals surface area contributed by atoms with Gasteiger partial charge in [-0.3, -0.25) is 14.5 Å². The first-order chi connectivity index (χ1) is 16.1. The number of hydrogen-bond donors (Lipinski definition) is 1. The summed E-state index contributed by atoms with van der Waals surface area (Å²) >= 11 is 0. The molecule has 4 rings (SSSR count). The molecule has 2 fully saturated rings. The van der Waals surface area contributed by atoms with Gasteiger partial charge in [0.15, 0.2) is 0 Å². The third-order valence-corrected chi connectivity index (χ3v) is 6.66. The summed E-state index contributed by atoms with van der Waals surface area (Å²) in [5, 5.41) is 2.63. The number of nitrogens with one attached hydrogen (secondary N) is 1. The van der Waals surface area contributed by atoms with E-state index in [1.165, 1.54) is 35.2 Å². The van der Waals surface area contributed by atoms with E-state index in [2.05, 4.69) is 12.2 Å². The minimum atomic E-state index is -4.49. The molecule has 5 nitrogen and oxygen atoms in total. The lowest BCUT2D eigenvalue weighted by atomic mass is 9.83. The summed E-state index contributed by atoms with van der Waals surface area (Å²) in [4.78, 5) is 27.9. The first-order valence-electron chi connectivity index (χ1n) is 11.3. The van der Waals surface area contributed by atoms with E-state index in [0.29, 0.717) is 18.8 Å². The van der Waals surface area contributed by atoms with Gasteiger partial charge in [0.2, 0.25) is 5.91 Å². The maximum Gasteiger partial charge on any atom is 0.416 e. The fourth-order valence-electron chi connectivity index (χ4n) is 4.71. The minimum absolute atomic E-state index is 0.0665. The topological polar surface area (TPSA) is 58.6 Å². The molecule has 1 aliphatic heterocycles. The molecule has 1 saturated carbocycles. The van der Waals surface area contributed by atoms with Crippen LogP contribution in [0.2, 0.25) is 0 Å². The molecule has 2 aliphatic rings. The lowest BCUT2D eigenvalue weighted by Crippen LogP contribution is -2.56. The quantitative estimate of drug-likeness (QED) is 0.636. The van der Waals surface area contributed by atoms with Crippen molar-refractivity contribution in [1.82, 2.24) is 10.2 Å². The fourth-order valence-corrected chi connectivity index (χ4v) is 4.71. The van der Waals surface area contributed by atoms with Crippen LogP contribution in [-0.2, 0) is 22.3 Å². The summed E-state index contributed by atoms with van der Waals surface area (Å²) in [5.74, 6) is -1.45. The molecule has 1 spiro atoms. The van der Waals surface area contributed by atoms with Gasteiger partial charge in [-0.25, -0.2) is 4.39 Å². The van der Waals surface area contributed by atoms with Gasteiger partial charge in [0.1, 0.15) is 17.6 Å². The lowest BCUT2D eigenvalue weighted by Gasteiger charge is -2.43. The van der Waals surface area contributed by atoms with E-state index >= 15 is 0 Å². The molecule has 0 aromatic heterocycles.